The van der Waals surface area contributed by atoms with Crippen molar-refractivity contribution in [1.82, 2.24) is 9.80 Å². The van der Waals surface area contributed by atoms with Gasteiger partial charge in [0.25, 0.3) is 0 Å². The van der Waals surface area contributed by atoms with Crippen LogP contribution in [0.4, 0.5) is 0 Å². The summed E-state index contributed by atoms with van der Waals surface area (Å²) >= 11 is 9.44. The van der Waals surface area contributed by atoms with E-state index in [0.29, 0.717) is 0 Å². The first-order chi connectivity index (χ1) is 11.6. The molecule has 140 valence electrons. The molecule has 24 heavy (non-hydrogen) atoms. The summed E-state index contributed by atoms with van der Waals surface area (Å²) in [4.78, 5) is 4.28. The zero-order valence-electron chi connectivity index (χ0n) is 14.3. The van der Waals surface area contributed by atoms with Gasteiger partial charge in [-0.1, -0.05) is 0 Å². The maximum atomic E-state index is 3.04. The van der Waals surface area contributed by atoms with Crippen molar-refractivity contribution in [1.29, 1.82) is 0 Å². The molecule has 0 saturated heterocycles. The topological polar surface area (TPSA) is 6.48 Å². The SMILES string of the molecule is CN(C)Cc1c[c-]ccc1.CN(C)Cc1c[c-]ccc1.[Pd+][I].[Pd+][I]. The first kappa shape index (κ1) is 27.4. The molecule has 0 N–H and O–H groups in total. The third-order valence-corrected chi connectivity index (χ3v) is 2.54. The monoisotopic (exact) mass is 734 g/mol. The van der Waals surface area contributed by atoms with Crippen LogP contribution in [0.3, 0.4) is 0 Å². The molecule has 0 atom stereocenters. The minimum atomic E-state index is 0.997. The van der Waals surface area contributed by atoms with Gasteiger partial charge in [-0.2, -0.15) is 60.7 Å². The average Bonchev–Trinajstić information content (AvgIpc) is 2.60. The van der Waals surface area contributed by atoms with Gasteiger partial charge in [0.2, 0.25) is 0 Å². The molecule has 2 aromatic rings. The van der Waals surface area contributed by atoms with Crippen LogP contribution < -0.4 is 0 Å². The molecule has 0 fully saturated rings. The van der Waals surface area contributed by atoms with Crippen molar-refractivity contribution >= 4 is 39.0 Å². The summed E-state index contributed by atoms with van der Waals surface area (Å²) in [7, 11) is 8.25. The van der Waals surface area contributed by atoms with Gasteiger partial charge >= 0.3 is 70.2 Å². The first-order valence-corrected chi connectivity index (χ1v) is 16.3. The zero-order valence-corrected chi connectivity index (χ0v) is 21.7. The summed E-state index contributed by atoms with van der Waals surface area (Å²) in [6.45, 7) is 1.99. The minimum absolute atomic E-state index is 0.997. The summed E-state index contributed by atoms with van der Waals surface area (Å²) < 4.78 is 0. The van der Waals surface area contributed by atoms with Crippen LogP contribution in [0.5, 0.6) is 0 Å². The fourth-order valence-electron chi connectivity index (χ4n) is 1.79. The van der Waals surface area contributed by atoms with Gasteiger partial charge < -0.3 is 9.80 Å². The van der Waals surface area contributed by atoms with Gasteiger partial charge in [0.05, 0.1) is 0 Å². The standard InChI is InChI=1S/2C9H12N.2HI.2Pd/c2*1-10(2)8-9-6-4-3-5-7-9;;;;/h2*3-4,6-7H,8H2,1-2H3;2*1H;;/q2*-1;;;2*+2/p-2. The molecular formula is C18H24I2N2Pd2. The number of rotatable bonds is 4. The fourth-order valence-corrected chi connectivity index (χ4v) is 1.79. The normalized spacial score (nSPS) is 9.17. The van der Waals surface area contributed by atoms with E-state index in [1.807, 2.05) is 75.4 Å². The van der Waals surface area contributed by atoms with Crippen LogP contribution in [-0.2, 0) is 44.3 Å². The molecule has 0 aliphatic rings. The number of halogens is 2. The first-order valence-electron chi connectivity index (χ1n) is 7.01. The molecular weight excluding hydrogens is 711 g/mol. The van der Waals surface area contributed by atoms with Crippen LogP contribution in [0.1, 0.15) is 11.1 Å². The van der Waals surface area contributed by atoms with E-state index in [9.17, 15) is 0 Å². The molecule has 2 aromatic carbocycles. The van der Waals surface area contributed by atoms with Crippen molar-refractivity contribution in [3.05, 3.63) is 71.8 Å². The van der Waals surface area contributed by atoms with E-state index >= 15 is 0 Å². The van der Waals surface area contributed by atoms with E-state index in [0.717, 1.165) is 13.1 Å². The Labute approximate surface area is 190 Å². The van der Waals surface area contributed by atoms with E-state index in [4.69, 9.17) is 0 Å². The molecule has 0 saturated carbocycles. The van der Waals surface area contributed by atoms with Crippen molar-refractivity contribution in [3.8, 4) is 0 Å². The summed E-state index contributed by atoms with van der Waals surface area (Å²) in [6, 6.07) is 22.2. The number of nitrogens with zero attached hydrogens (tertiary/aromatic N) is 2. The summed E-state index contributed by atoms with van der Waals surface area (Å²) in [5.41, 5.74) is 2.63. The second-order valence-corrected chi connectivity index (χ2v) is 5.30. The molecule has 0 aromatic heterocycles. The number of hydrogen-bond acceptors (Lipinski definition) is 2. The molecule has 2 rings (SSSR count). The second kappa shape index (κ2) is 20.5. The van der Waals surface area contributed by atoms with Crippen LogP contribution >= 0.6 is 39.0 Å². The van der Waals surface area contributed by atoms with Crippen molar-refractivity contribution < 1.29 is 31.2 Å². The van der Waals surface area contributed by atoms with Crippen LogP contribution in [0.2, 0.25) is 0 Å². The molecule has 0 aliphatic heterocycles. The van der Waals surface area contributed by atoms with Gasteiger partial charge in [-0.25, -0.2) is 0 Å². The number of benzene rings is 2. The van der Waals surface area contributed by atoms with Crippen molar-refractivity contribution in [2.75, 3.05) is 28.2 Å². The Morgan fingerprint density at radius 3 is 1.29 bits per heavy atom. The van der Waals surface area contributed by atoms with E-state index < -0.39 is 0 Å². The molecule has 0 unspecified atom stereocenters. The van der Waals surface area contributed by atoms with E-state index in [2.05, 4.69) is 93.4 Å². The van der Waals surface area contributed by atoms with Gasteiger partial charge in [0.15, 0.2) is 0 Å². The Bertz CT molecular complexity index is 423. The van der Waals surface area contributed by atoms with Gasteiger partial charge in [-0.15, -0.1) is 11.1 Å². The van der Waals surface area contributed by atoms with E-state index in [-0.39, 0.29) is 0 Å². The zero-order chi connectivity index (χ0) is 18.8. The Kier molecular flexibility index (Phi) is 23.3. The predicted molar refractivity (Wildman–Crippen MR) is 113 cm³/mol. The Morgan fingerprint density at radius 1 is 0.750 bits per heavy atom. The molecule has 2 nitrogen and oxygen atoms in total. The Morgan fingerprint density at radius 2 is 1.08 bits per heavy atom. The summed E-state index contributed by atoms with van der Waals surface area (Å²) in [5.74, 6) is 0. The quantitative estimate of drug-likeness (QED) is 0.252. The predicted octanol–water partition coefficient (Wildman–Crippen LogP) is 4.86. The third kappa shape index (κ3) is 18.0. The Hall–Kier alpha value is 1.14. The van der Waals surface area contributed by atoms with Gasteiger partial charge in [0.1, 0.15) is 0 Å². The third-order valence-electron chi connectivity index (χ3n) is 2.54. The second-order valence-electron chi connectivity index (χ2n) is 5.30. The maximum absolute atomic E-state index is 3.04. The van der Waals surface area contributed by atoms with Crippen LogP contribution in [-0.4, -0.2) is 38.0 Å². The molecule has 0 aliphatic carbocycles. The van der Waals surface area contributed by atoms with Gasteiger partial charge in [-0.3, -0.25) is 0 Å². The van der Waals surface area contributed by atoms with Crippen molar-refractivity contribution in [3.63, 3.8) is 0 Å². The molecule has 0 radical (unpaired) electrons. The molecule has 0 bridgehead atoms. The fraction of sp³-hybridized carbons (Fsp3) is 0.333. The van der Waals surface area contributed by atoms with Crippen molar-refractivity contribution in [2.24, 2.45) is 0 Å². The Balaban J connectivity index is 0. The number of hydrogen-bond donors (Lipinski definition) is 0. The molecule has 0 heterocycles. The average molecular weight is 735 g/mol. The summed E-state index contributed by atoms with van der Waals surface area (Å²) in [5, 5.41) is 0. The van der Waals surface area contributed by atoms with Gasteiger partial charge in [-0.05, 0) is 41.3 Å². The van der Waals surface area contributed by atoms with Crippen molar-refractivity contribution in [2.45, 2.75) is 13.1 Å². The molecule has 0 spiro atoms. The van der Waals surface area contributed by atoms with E-state index in [1.165, 1.54) is 11.1 Å². The molecule has 6 heteroatoms. The molecule has 0 amide bonds. The summed E-state index contributed by atoms with van der Waals surface area (Å²) in [6.07, 6.45) is 0. The van der Waals surface area contributed by atoms with Gasteiger partial charge in [0, 0.05) is 0 Å². The van der Waals surface area contributed by atoms with E-state index in [1.54, 1.807) is 0 Å². The van der Waals surface area contributed by atoms with Crippen LogP contribution in [0.25, 0.3) is 0 Å². The van der Waals surface area contributed by atoms with Crippen LogP contribution in [0.15, 0.2) is 48.5 Å². The van der Waals surface area contributed by atoms with Crippen LogP contribution in [0, 0.1) is 12.1 Å².